The van der Waals surface area contributed by atoms with Gasteiger partial charge in [-0.05, 0) is 0 Å². The van der Waals surface area contributed by atoms with Crippen molar-refractivity contribution in [3.63, 3.8) is 0 Å². The van der Waals surface area contributed by atoms with E-state index >= 15 is 0 Å². The third-order valence-electron chi connectivity index (χ3n) is 4.96. The smallest absolute Gasteiger partial charge is 0.359 e. The van der Waals surface area contributed by atoms with E-state index in [0.717, 1.165) is 6.07 Å². The normalized spacial score (nSPS) is 12.7. The standard InChI is InChI=1S/C19H30N4O9.C5H4N2O4/c1-22(2,3)9-11(7-13(24)25)31-16-15(20-19(30)21-17(16)28)18(29)32-12(8-14(26)27)10-23(4,5)6;8-3-1-2(4(9)10)6-5(11)7-3/h11-12H,7-10H2,1-6H3,(H2-2,20,21,24,25,26,27,28,30);1H,(H,9,10)(H2,6,7,8,11)/p+2/t11-,12-;/m1./s1. The number of aromatic amines is 4. The van der Waals surface area contributed by atoms with Crippen LogP contribution in [0.15, 0.2) is 25.2 Å². The summed E-state index contributed by atoms with van der Waals surface area (Å²) < 4.78 is 11.4. The van der Waals surface area contributed by atoms with Gasteiger partial charge in [-0.25, -0.2) is 19.2 Å². The number of quaternary nitrogens is 2. The van der Waals surface area contributed by atoms with E-state index in [-0.39, 0.29) is 17.6 Å². The van der Waals surface area contributed by atoms with E-state index in [1.54, 1.807) is 42.3 Å². The number of carboxylic acids is 3. The number of esters is 1. The number of aliphatic carboxylic acids is 2. The highest BCUT2D eigenvalue weighted by atomic mass is 16.6. The largest absolute Gasteiger partial charge is 0.481 e. The lowest BCUT2D eigenvalue weighted by Crippen LogP contribution is -2.45. The highest BCUT2D eigenvalue weighted by Gasteiger charge is 2.31. The molecule has 0 aromatic carbocycles. The molecule has 2 heterocycles. The molecule has 0 aliphatic rings. The van der Waals surface area contributed by atoms with Crippen LogP contribution in [0.5, 0.6) is 5.75 Å². The number of hydrogen-bond donors (Lipinski definition) is 7. The second kappa shape index (κ2) is 14.7. The summed E-state index contributed by atoms with van der Waals surface area (Å²) in [4.78, 5) is 98.3. The van der Waals surface area contributed by atoms with E-state index in [0.29, 0.717) is 4.48 Å². The molecule has 2 aromatic heterocycles. The summed E-state index contributed by atoms with van der Waals surface area (Å²) in [5, 5.41) is 26.6. The Morgan fingerprint density at radius 2 is 1.23 bits per heavy atom. The van der Waals surface area contributed by atoms with E-state index in [1.807, 2.05) is 15.0 Å². The van der Waals surface area contributed by atoms with Gasteiger partial charge >= 0.3 is 35.3 Å². The molecule has 7 N–H and O–H groups in total. The Morgan fingerprint density at radius 1 is 0.744 bits per heavy atom. The lowest BCUT2D eigenvalue weighted by Gasteiger charge is -2.29. The molecule has 19 nitrogen and oxygen atoms in total. The third kappa shape index (κ3) is 13.9. The molecule has 0 radical (unpaired) electrons. The predicted molar refractivity (Wildman–Crippen MR) is 146 cm³/mol. The molecule has 0 spiro atoms. The maximum atomic E-state index is 12.8. The molecule has 238 valence electrons. The number of H-pyrrole nitrogens is 4. The Balaban J connectivity index is 0.000000699. The van der Waals surface area contributed by atoms with Gasteiger partial charge in [-0.15, -0.1) is 0 Å². The van der Waals surface area contributed by atoms with Crippen LogP contribution in [0.3, 0.4) is 0 Å². The summed E-state index contributed by atoms with van der Waals surface area (Å²) in [6, 6.07) is 0.795. The number of likely N-dealkylation sites (N-methyl/N-ethyl adjacent to an activating group) is 2. The summed E-state index contributed by atoms with van der Waals surface area (Å²) in [7, 11) is 10.7. The zero-order valence-corrected chi connectivity index (χ0v) is 24.4. The number of nitrogens with zero attached hydrogens (tertiary/aromatic N) is 2. The number of carboxylic acid groups (broad SMARTS) is 3. The summed E-state index contributed by atoms with van der Waals surface area (Å²) in [5.74, 6) is -5.49. The Hall–Kier alpha value is -5.04. The van der Waals surface area contributed by atoms with E-state index in [9.17, 15) is 43.5 Å². The first-order valence-corrected chi connectivity index (χ1v) is 12.4. The fourth-order valence-electron chi connectivity index (χ4n) is 3.59. The van der Waals surface area contributed by atoms with Crippen LogP contribution in [0.4, 0.5) is 0 Å². The molecule has 0 saturated heterocycles. The second-order valence-corrected chi connectivity index (χ2v) is 11.3. The van der Waals surface area contributed by atoms with Crippen LogP contribution in [0.1, 0.15) is 33.8 Å². The molecule has 0 aliphatic heterocycles. The molecule has 0 bridgehead atoms. The van der Waals surface area contributed by atoms with Gasteiger partial charge in [0, 0.05) is 6.07 Å². The Morgan fingerprint density at radius 3 is 1.70 bits per heavy atom. The van der Waals surface area contributed by atoms with Crippen LogP contribution in [0.2, 0.25) is 0 Å². The maximum Gasteiger partial charge on any atom is 0.359 e. The average Bonchev–Trinajstić information content (AvgIpc) is 2.77. The van der Waals surface area contributed by atoms with Crippen LogP contribution in [0.25, 0.3) is 0 Å². The van der Waals surface area contributed by atoms with Crippen molar-refractivity contribution in [1.29, 1.82) is 0 Å². The highest BCUT2D eigenvalue weighted by Crippen LogP contribution is 2.17. The Kier molecular flexibility index (Phi) is 12.3. The third-order valence-corrected chi connectivity index (χ3v) is 4.96. The van der Waals surface area contributed by atoms with Gasteiger partial charge < -0.3 is 38.7 Å². The highest BCUT2D eigenvalue weighted by molar-refractivity contribution is 5.90. The second-order valence-electron chi connectivity index (χ2n) is 11.3. The molecule has 0 saturated carbocycles. The van der Waals surface area contributed by atoms with Gasteiger partial charge in [0.25, 0.3) is 11.1 Å². The molecular formula is C24H36N6O13+2. The molecule has 2 rings (SSSR count). The Bertz CT molecular complexity index is 1530. The number of hydrogen-bond acceptors (Lipinski definition) is 10. The minimum absolute atomic E-state index is 0.144. The minimum Gasteiger partial charge on any atom is -0.481 e. The van der Waals surface area contributed by atoms with E-state index in [1.165, 1.54) is 0 Å². The first kappa shape index (κ1) is 36.0. The van der Waals surface area contributed by atoms with Crippen molar-refractivity contribution in [3.8, 4) is 5.75 Å². The summed E-state index contributed by atoms with van der Waals surface area (Å²) in [5.41, 5.74) is -4.64. The quantitative estimate of drug-likeness (QED) is 0.0903. The SMILES string of the molecule is C[N+](C)(C)C[C@@H](CC(=O)O)OC(=O)c1[nH]c(=O)[nH]c(=O)c1O[C@H](CC(=O)O)C[N+](C)(C)C.O=C(O)c1cc(=O)[nH]c(=O)[nH]1. The number of aromatic nitrogens is 4. The summed E-state index contributed by atoms with van der Waals surface area (Å²) in [6.45, 7) is 0.313. The summed E-state index contributed by atoms with van der Waals surface area (Å²) in [6.07, 6.45) is -3.02. The number of nitrogens with one attached hydrogen (secondary N) is 4. The fraction of sp³-hybridized carbons (Fsp3) is 0.500. The topological polar surface area (TPSA) is 279 Å². The van der Waals surface area contributed by atoms with Gasteiger partial charge in [0.15, 0.2) is 17.9 Å². The van der Waals surface area contributed by atoms with Crippen molar-refractivity contribution in [2.75, 3.05) is 55.4 Å². The minimum atomic E-state index is -1.34. The van der Waals surface area contributed by atoms with Crippen molar-refractivity contribution in [2.24, 2.45) is 0 Å². The van der Waals surface area contributed by atoms with Crippen molar-refractivity contribution >= 4 is 23.9 Å². The van der Waals surface area contributed by atoms with Gasteiger partial charge in [0.1, 0.15) is 18.8 Å². The molecule has 2 aromatic rings. The van der Waals surface area contributed by atoms with Gasteiger partial charge in [-0.3, -0.25) is 34.1 Å². The average molecular weight is 617 g/mol. The fourth-order valence-corrected chi connectivity index (χ4v) is 3.59. The van der Waals surface area contributed by atoms with Crippen LogP contribution in [0, 0.1) is 0 Å². The number of rotatable bonds is 13. The van der Waals surface area contributed by atoms with Gasteiger partial charge in [-0.2, -0.15) is 0 Å². The van der Waals surface area contributed by atoms with Gasteiger partial charge in [-0.1, -0.05) is 0 Å². The van der Waals surface area contributed by atoms with Crippen molar-refractivity contribution in [3.05, 3.63) is 59.1 Å². The first-order chi connectivity index (χ1) is 19.6. The van der Waals surface area contributed by atoms with E-state index in [2.05, 4.69) is 4.98 Å². The molecule has 0 aliphatic carbocycles. The zero-order valence-electron chi connectivity index (χ0n) is 24.4. The van der Waals surface area contributed by atoms with Crippen LogP contribution in [-0.2, 0) is 14.3 Å². The number of aromatic carboxylic acids is 1. The summed E-state index contributed by atoms with van der Waals surface area (Å²) >= 11 is 0. The van der Waals surface area contributed by atoms with Crippen molar-refractivity contribution < 1.29 is 52.9 Å². The van der Waals surface area contributed by atoms with E-state index in [4.69, 9.17) is 19.7 Å². The number of carbonyl (C=O) groups excluding carboxylic acids is 1. The van der Waals surface area contributed by atoms with Gasteiger partial charge in [0.05, 0.1) is 55.1 Å². The van der Waals surface area contributed by atoms with Crippen LogP contribution >= 0.6 is 0 Å². The number of carbonyl (C=O) groups is 4. The maximum absolute atomic E-state index is 12.8. The Labute approximate surface area is 242 Å². The zero-order chi connectivity index (χ0) is 33.3. The predicted octanol–water partition coefficient (Wildman–Crippen LogP) is -2.54. The molecular weight excluding hydrogens is 580 g/mol. The first-order valence-electron chi connectivity index (χ1n) is 12.4. The van der Waals surface area contributed by atoms with E-state index < -0.39 is 88.6 Å². The molecule has 0 fully saturated rings. The molecule has 43 heavy (non-hydrogen) atoms. The molecule has 0 unspecified atom stereocenters. The van der Waals surface area contributed by atoms with Crippen molar-refractivity contribution in [2.45, 2.75) is 25.0 Å². The lowest BCUT2D eigenvalue weighted by atomic mass is 10.2. The molecule has 19 heteroatoms. The molecule has 0 amide bonds. The van der Waals surface area contributed by atoms with Crippen LogP contribution in [-0.4, -0.2) is 136 Å². The number of ether oxygens (including phenoxy) is 2. The lowest BCUT2D eigenvalue weighted by molar-refractivity contribution is -0.873. The molecule has 2 atom stereocenters. The van der Waals surface area contributed by atoms with Gasteiger partial charge in [0.2, 0.25) is 5.75 Å². The monoisotopic (exact) mass is 616 g/mol. The van der Waals surface area contributed by atoms with Crippen molar-refractivity contribution in [1.82, 2.24) is 19.9 Å². The van der Waals surface area contributed by atoms with Crippen LogP contribution < -0.4 is 27.2 Å².